The van der Waals surface area contributed by atoms with E-state index in [1.807, 2.05) is 45.0 Å². The molecule has 0 fully saturated rings. The zero-order valence-corrected chi connectivity index (χ0v) is 24.6. The van der Waals surface area contributed by atoms with Gasteiger partial charge in [-0.1, -0.05) is 70.4 Å². The molecular formula is C29H34BrN3O4S. The highest BCUT2D eigenvalue weighted by Gasteiger charge is 2.32. The fraction of sp³-hybridized carbons (Fsp3) is 0.310. The van der Waals surface area contributed by atoms with Crippen LogP contribution in [0.3, 0.4) is 0 Å². The van der Waals surface area contributed by atoms with Crippen molar-refractivity contribution in [3.05, 3.63) is 94.0 Å². The van der Waals surface area contributed by atoms with E-state index >= 15 is 0 Å². The van der Waals surface area contributed by atoms with Gasteiger partial charge in [0.2, 0.25) is 11.8 Å². The molecule has 0 aliphatic heterocycles. The summed E-state index contributed by atoms with van der Waals surface area (Å²) in [6.07, 6.45) is 0.760. The number of anilines is 1. The normalized spacial score (nSPS) is 12.0. The average molecular weight is 601 g/mol. The monoisotopic (exact) mass is 599 g/mol. The number of hydrogen-bond donors (Lipinski definition) is 1. The molecule has 0 heterocycles. The molecule has 9 heteroatoms. The van der Waals surface area contributed by atoms with Crippen LogP contribution in [0.1, 0.15) is 37.0 Å². The molecule has 7 nitrogen and oxygen atoms in total. The SMILES string of the molecule is CCCNC(=O)C(C)N(Cc1cccc(C)c1)C(=O)CN(c1ccc(Br)cc1)S(=O)(=O)c1ccc(C)cc1. The van der Waals surface area contributed by atoms with Gasteiger partial charge >= 0.3 is 0 Å². The first-order valence-electron chi connectivity index (χ1n) is 12.5. The fourth-order valence-corrected chi connectivity index (χ4v) is 5.64. The lowest BCUT2D eigenvalue weighted by Crippen LogP contribution is -2.51. The van der Waals surface area contributed by atoms with Gasteiger partial charge < -0.3 is 10.2 Å². The third-order valence-electron chi connectivity index (χ3n) is 6.15. The molecule has 0 bridgehead atoms. The second kappa shape index (κ2) is 13.1. The average Bonchev–Trinajstić information content (AvgIpc) is 2.89. The van der Waals surface area contributed by atoms with Crippen molar-refractivity contribution in [3.8, 4) is 0 Å². The highest BCUT2D eigenvalue weighted by Crippen LogP contribution is 2.26. The summed E-state index contributed by atoms with van der Waals surface area (Å²) in [4.78, 5) is 28.3. The Kier molecular flexibility index (Phi) is 10.1. The molecule has 0 aliphatic rings. The first-order valence-corrected chi connectivity index (χ1v) is 14.7. The summed E-state index contributed by atoms with van der Waals surface area (Å²) < 4.78 is 29.5. The summed E-state index contributed by atoms with van der Waals surface area (Å²) in [6.45, 7) is 7.64. The number of hydrogen-bond acceptors (Lipinski definition) is 4. The van der Waals surface area contributed by atoms with Gasteiger partial charge in [0.25, 0.3) is 10.0 Å². The molecular weight excluding hydrogens is 566 g/mol. The zero-order valence-electron chi connectivity index (χ0n) is 22.1. The van der Waals surface area contributed by atoms with Gasteiger partial charge in [-0.2, -0.15) is 0 Å². The van der Waals surface area contributed by atoms with Crippen LogP contribution < -0.4 is 9.62 Å². The van der Waals surface area contributed by atoms with Crippen LogP contribution in [-0.2, 0) is 26.2 Å². The molecule has 0 radical (unpaired) electrons. The molecule has 3 aromatic rings. The first-order chi connectivity index (χ1) is 18.0. The van der Waals surface area contributed by atoms with Crippen LogP contribution in [0.15, 0.2) is 82.2 Å². The first kappa shape index (κ1) is 29.4. The number of nitrogens with one attached hydrogen (secondary N) is 1. The smallest absolute Gasteiger partial charge is 0.264 e. The van der Waals surface area contributed by atoms with E-state index in [-0.39, 0.29) is 17.3 Å². The quantitative estimate of drug-likeness (QED) is 0.328. The molecule has 1 atom stereocenters. The number of carbonyl (C=O) groups is 2. The van der Waals surface area contributed by atoms with Crippen LogP contribution in [0.5, 0.6) is 0 Å². The maximum Gasteiger partial charge on any atom is 0.264 e. The van der Waals surface area contributed by atoms with Crippen LogP contribution in [0.4, 0.5) is 5.69 Å². The summed E-state index contributed by atoms with van der Waals surface area (Å²) in [5.41, 5.74) is 3.15. The molecule has 1 N–H and O–H groups in total. The summed E-state index contributed by atoms with van der Waals surface area (Å²) in [6, 6.07) is 20.1. The van der Waals surface area contributed by atoms with Gasteiger partial charge in [-0.05, 0) is 69.2 Å². The summed E-state index contributed by atoms with van der Waals surface area (Å²) in [5.74, 6) is -0.770. The van der Waals surface area contributed by atoms with Crippen molar-refractivity contribution in [1.82, 2.24) is 10.2 Å². The molecule has 38 heavy (non-hydrogen) atoms. The number of sulfonamides is 1. The Morgan fingerprint density at radius 2 is 1.61 bits per heavy atom. The van der Waals surface area contributed by atoms with Gasteiger partial charge in [-0.25, -0.2) is 8.42 Å². The number of nitrogens with zero attached hydrogens (tertiary/aromatic N) is 2. The third-order valence-corrected chi connectivity index (χ3v) is 8.47. The Balaban J connectivity index is 2.01. The van der Waals surface area contributed by atoms with Crippen molar-refractivity contribution < 1.29 is 18.0 Å². The van der Waals surface area contributed by atoms with Crippen molar-refractivity contribution in [1.29, 1.82) is 0 Å². The Morgan fingerprint density at radius 3 is 2.21 bits per heavy atom. The highest BCUT2D eigenvalue weighted by atomic mass is 79.9. The molecule has 0 saturated heterocycles. The van der Waals surface area contributed by atoms with Gasteiger partial charge in [0.15, 0.2) is 0 Å². The Morgan fingerprint density at radius 1 is 0.947 bits per heavy atom. The largest absolute Gasteiger partial charge is 0.354 e. The number of benzene rings is 3. The van der Waals surface area contributed by atoms with E-state index in [0.717, 1.165) is 31.9 Å². The van der Waals surface area contributed by atoms with Gasteiger partial charge in [-0.3, -0.25) is 13.9 Å². The third kappa shape index (κ3) is 7.45. The van der Waals surface area contributed by atoms with Crippen molar-refractivity contribution in [3.63, 3.8) is 0 Å². The van der Waals surface area contributed by atoms with E-state index in [1.165, 1.54) is 17.0 Å². The number of carbonyl (C=O) groups excluding carboxylic acids is 2. The molecule has 3 rings (SSSR count). The predicted molar refractivity (Wildman–Crippen MR) is 154 cm³/mol. The topological polar surface area (TPSA) is 86.8 Å². The van der Waals surface area contributed by atoms with E-state index in [9.17, 15) is 18.0 Å². The standard InChI is InChI=1S/C29H34BrN3O4S/c1-5-17-31-29(35)23(4)32(19-24-8-6-7-22(3)18-24)28(34)20-33(26-13-11-25(30)12-14-26)38(36,37)27-15-9-21(2)10-16-27/h6-16,18,23H,5,17,19-20H2,1-4H3,(H,31,35). The maximum absolute atomic E-state index is 13.9. The van der Waals surface area contributed by atoms with Gasteiger partial charge in [0, 0.05) is 17.6 Å². The van der Waals surface area contributed by atoms with E-state index in [0.29, 0.717) is 12.2 Å². The molecule has 3 aromatic carbocycles. The minimum atomic E-state index is -4.08. The summed E-state index contributed by atoms with van der Waals surface area (Å²) in [7, 11) is -4.08. The second-order valence-electron chi connectivity index (χ2n) is 9.28. The van der Waals surface area contributed by atoms with Crippen molar-refractivity contribution in [2.75, 3.05) is 17.4 Å². The van der Waals surface area contributed by atoms with Crippen LogP contribution in [0.25, 0.3) is 0 Å². The Hall–Kier alpha value is -3.17. The number of halogens is 1. The number of amides is 2. The predicted octanol–water partition coefficient (Wildman–Crippen LogP) is 5.20. The highest BCUT2D eigenvalue weighted by molar-refractivity contribution is 9.10. The Bertz CT molecular complexity index is 1360. The minimum absolute atomic E-state index is 0.0813. The molecule has 202 valence electrons. The van der Waals surface area contributed by atoms with Crippen molar-refractivity contribution in [2.24, 2.45) is 0 Å². The molecule has 0 saturated carbocycles. The fourth-order valence-electron chi connectivity index (χ4n) is 3.96. The minimum Gasteiger partial charge on any atom is -0.354 e. The van der Waals surface area contributed by atoms with Gasteiger partial charge in [-0.15, -0.1) is 0 Å². The van der Waals surface area contributed by atoms with Crippen LogP contribution in [0, 0.1) is 13.8 Å². The molecule has 1 unspecified atom stereocenters. The second-order valence-corrected chi connectivity index (χ2v) is 12.1. The Labute approximate surface area is 234 Å². The van der Waals surface area contributed by atoms with Gasteiger partial charge in [0.05, 0.1) is 10.6 Å². The molecule has 0 aliphatic carbocycles. The lowest BCUT2D eigenvalue weighted by atomic mass is 10.1. The van der Waals surface area contributed by atoms with Gasteiger partial charge in [0.1, 0.15) is 12.6 Å². The summed E-state index contributed by atoms with van der Waals surface area (Å²) in [5, 5.41) is 2.85. The van der Waals surface area contributed by atoms with E-state index in [4.69, 9.17) is 0 Å². The summed E-state index contributed by atoms with van der Waals surface area (Å²) >= 11 is 3.38. The lowest BCUT2D eigenvalue weighted by molar-refractivity contribution is -0.139. The zero-order chi connectivity index (χ0) is 27.9. The van der Waals surface area contributed by atoms with E-state index in [2.05, 4.69) is 21.2 Å². The molecule has 2 amide bonds. The van der Waals surface area contributed by atoms with Crippen LogP contribution in [-0.4, -0.2) is 44.3 Å². The van der Waals surface area contributed by atoms with E-state index < -0.39 is 28.5 Å². The number of rotatable bonds is 11. The van der Waals surface area contributed by atoms with Crippen LogP contribution >= 0.6 is 15.9 Å². The van der Waals surface area contributed by atoms with Crippen LogP contribution in [0.2, 0.25) is 0 Å². The van der Waals surface area contributed by atoms with Crippen molar-refractivity contribution in [2.45, 2.75) is 51.6 Å². The lowest BCUT2D eigenvalue weighted by Gasteiger charge is -2.32. The van der Waals surface area contributed by atoms with Crippen molar-refractivity contribution >= 4 is 43.5 Å². The number of aryl methyl sites for hydroxylation is 2. The molecule has 0 aromatic heterocycles. The van der Waals surface area contributed by atoms with E-state index in [1.54, 1.807) is 43.3 Å². The maximum atomic E-state index is 13.9. The molecule has 0 spiro atoms.